The van der Waals surface area contributed by atoms with Crippen LogP contribution < -0.4 is 5.73 Å². The number of hydrogen-bond acceptors (Lipinski definition) is 2. The van der Waals surface area contributed by atoms with Gasteiger partial charge in [0.25, 0.3) is 0 Å². The summed E-state index contributed by atoms with van der Waals surface area (Å²) in [6.45, 7) is 0. The van der Waals surface area contributed by atoms with Crippen LogP contribution >= 0.6 is 0 Å². The summed E-state index contributed by atoms with van der Waals surface area (Å²) >= 11 is 0. The minimum atomic E-state index is -0.437. The van der Waals surface area contributed by atoms with Crippen molar-refractivity contribution in [3.63, 3.8) is 0 Å². The van der Waals surface area contributed by atoms with E-state index in [9.17, 15) is 4.39 Å². The van der Waals surface area contributed by atoms with E-state index >= 15 is 0 Å². The molecule has 0 fully saturated rings. The number of halogens is 1. The lowest BCUT2D eigenvalue weighted by molar-refractivity contribution is 0.630. The average molecular weight is 176 g/mol. The quantitative estimate of drug-likeness (QED) is 0.667. The van der Waals surface area contributed by atoms with E-state index < -0.39 is 5.82 Å². The summed E-state index contributed by atoms with van der Waals surface area (Å²) in [5.41, 5.74) is 6.10. The Morgan fingerprint density at radius 3 is 2.92 bits per heavy atom. The summed E-state index contributed by atoms with van der Waals surface area (Å²) in [6, 6.07) is 6.18. The molecule has 0 unspecified atom stereocenters. The molecule has 1 heterocycles. The molecule has 0 saturated carbocycles. The van der Waals surface area contributed by atoms with Crippen LogP contribution in [0.5, 0.6) is 0 Å². The van der Waals surface area contributed by atoms with E-state index in [0.29, 0.717) is 5.69 Å². The normalized spacial score (nSPS) is 10.2. The second-order valence-electron chi connectivity index (χ2n) is 2.60. The summed E-state index contributed by atoms with van der Waals surface area (Å²) in [5, 5.41) is 3.84. The van der Waals surface area contributed by atoms with Gasteiger partial charge in [-0.05, 0) is 18.2 Å². The van der Waals surface area contributed by atoms with Crippen molar-refractivity contribution in [2.24, 2.45) is 0 Å². The maximum absolute atomic E-state index is 13.0. The summed E-state index contributed by atoms with van der Waals surface area (Å²) in [4.78, 5) is 0. The van der Waals surface area contributed by atoms with Gasteiger partial charge in [0.2, 0.25) is 0 Å². The molecule has 1 aromatic carbocycles. The average Bonchev–Trinajstić information content (AvgIpc) is 2.62. The molecule has 0 bridgehead atoms. The van der Waals surface area contributed by atoms with Gasteiger partial charge in [-0.1, -0.05) is 0 Å². The Kier molecular flexibility index (Phi) is 1.73. The lowest BCUT2D eigenvalue weighted by atomic mass is 10.3. The minimum absolute atomic E-state index is 0.139. The van der Waals surface area contributed by atoms with Crippen LogP contribution in [0.2, 0.25) is 0 Å². The second kappa shape index (κ2) is 2.90. The fraction of sp³-hybridized carbons (Fsp3) is 0. The molecule has 65 valence electrons. The lowest BCUT2D eigenvalue weighted by Gasteiger charge is -2.02. The van der Waals surface area contributed by atoms with Crippen molar-refractivity contribution in [2.75, 3.05) is 5.73 Å². The van der Waals surface area contributed by atoms with E-state index in [1.807, 2.05) is 0 Å². The highest BCUT2D eigenvalue weighted by molar-refractivity contribution is 5.46. The first-order chi connectivity index (χ1) is 6.27. The Hall–Kier alpha value is -1.84. The van der Waals surface area contributed by atoms with Crippen molar-refractivity contribution in [2.45, 2.75) is 0 Å². The molecule has 0 atom stereocenters. The largest absolute Gasteiger partial charge is 0.396 e. The number of anilines is 1. The van der Waals surface area contributed by atoms with Crippen LogP contribution in [-0.2, 0) is 0 Å². The molecular formula is C9H7FN3. The topological polar surface area (TPSA) is 43.8 Å². The fourth-order valence-corrected chi connectivity index (χ4v) is 1.04. The molecule has 0 spiro atoms. The van der Waals surface area contributed by atoms with Gasteiger partial charge in [0, 0.05) is 12.3 Å². The van der Waals surface area contributed by atoms with E-state index in [-0.39, 0.29) is 5.69 Å². The molecular weight excluding hydrogens is 169 g/mol. The zero-order valence-corrected chi connectivity index (χ0v) is 6.74. The zero-order valence-electron chi connectivity index (χ0n) is 6.74. The van der Waals surface area contributed by atoms with Crippen molar-refractivity contribution in [1.82, 2.24) is 9.78 Å². The molecule has 3 nitrogen and oxygen atoms in total. The van der Waals surface area contributed by atoms with Gasteiger partial charge >= 0.3 is 0 Å². The van der Waals surface area contributed by atoms with Crippen molar-refractivity contribution in [3.05, 3.63) is 42.5 Å². The molecule has 0 aliphatic rings. The second-order valence-corrected chi connectivity index (χ2v) is 2.60. The van der Waals surface area contributed by atoms with Crippen LogP contribution in [0.15, 0.2) is 30.5 Å². The van der Waals surface area contributed by atoms with E-state index in [0.717, 1.165) is 0 Å². The first-order valence-electron chi connectivity index (χ1n) is 3.74. The van der Waals surface area contributed by atoms with Gasteiger partial charge in [-0.15, -0.1) is 0 Å². The van der Waals surface area contributed by atoms with Crippen LogP contribution in [0, 0.1) is 12.0 Å². The van der Waals surface area contributed by atoms with Crippen LogP contribution in [0.4, 0.5) is 10.1 Å². The molecule has 2 N–H and O–H groups in total. The maximum Gasteiger partial charge on any atom is 0.148 e. The van der Waals surface area contributed by atoms with Crippen LogP contribution in [0.3, 0.4) is 0 Å². The standard InChI is InChI=1S/C9H7FN3/c10-8-6-7(2-3-9(8)11)13-5-1-4-12-13/h1-3,5-6H,11H2. The molecule has 2 aromatic rings. The number of nitrogens with zero attached hydrogens (tertiary/aromatic N) is 2. The summed E-state index contributed by atoms with van der Waals surface area (Å²) in [5.74, 6) is -0.437. The van der Waals surface area contributed by atoms with Gasteiger partial charge in [-0.3, -0.25) is 0 Å². The molecule has 2 rings (SSSR count). The third-order valence-electron chi connectivity index (χ3n) is 1.70. The summed E-state index contributed by atoms with van der Waals surface area (Å²) < 4.78 is 14.5. The first kappa shape index (κ1) is 7.79. The monoisotopic (exact) mass is 176 g/mol. The fourth-order valence-electron chi connectivity index (χ4n) is 1.04. The molecule has 1 radical (unpaired) electrons. The minimum Gasteiger partial charge on any atom is -0.396 e. The number of aromatic nitrogens is 2. The van der Waals surface area contributed by atoms with Gasteiger partial charge in [0.05, 0.1) is 11.4 Å². The van der Waals surface area contributed by atoms with Gasteiger partial charge in [0.15, 0.2) is 0 Å². The maximum atomic E-state index is 13.0. The summed E-state index contributed by atoms with van der Waals surface area (Å²) in [7, 11) is 0. The van der Waals surface area contributed by atoms with Crippen molar-refractivity contribution in [3.8, 4) is 5.69 Å². The molecule has 0 amide bonds. The highest BCUT2D eigenvalue weighted by Gasteiger charge is 2.01. The number of nitrogens with two attached hydrogens (primary N) is 1. The molecule has 13 heavy (non-hydrogen) atoms. The van der Waals surface area contributed by atoms with Crippen molar-refractivity contribution >= 4 is 5.69 Å². The van der Waals surface area contributed by atoms with Crippen LogP contribution in [-0.4, -0.2) is 9.78 Å². The highest BCUT2D eigenvalue weighted by Crippen LogP contribution is 2.14. The van der Waals surface area contributed by atoms with E-state index in [1.165, 1.54) is 16.8 Å². The van der Waals surface area contributed by atoms with Crippen LogP contribution in [0.25, 0.3) is 5.69 Å². The van der Waals surface area contributed by atoms with E-state index in [2.05, 4.69) is 11.3 Å². The zero-order chi connectivity index (χ0) is 9.26. The SMILES string of the molecule is Nc1ccc(-n2cc[c]n2)cc1F. The first-order valence-corrected chi connectivity index (χ1v) is 3.74. The van der Waals surface area contributed by atoms with Crippen LogP contribution in [0.1, 0.15) is 0 Å². The number of benzene rings is 1. The Balaban J connectivity index is 2.49. The smallest absolute Gasteiger partial charge is 0.148 e. The predicted octanol–water partition coefficient (Wildman–Crippen LogP) is 1.39. The van der Waals surface area contributed by atoms with Gasteiger partial charge < -0.3 is 5.73 Å². The molecule has 0 saturated heterocycles. The summed E-state index contributed by atoms with van der Waals surface area (Å²) in [6.07, 6.45) is 4.31. The van der Waals surface area contributed by atoms with Crippen molar-refractivity contribution in [1.29, 1.82) is 0 Å². The Labute approximate surface area is 74.6 Å². The Bertz CT molecular complexity index is 409. The molecule has 4 heteroatoms. The lowest BCUT2D eigenvalue weighted by Crippen LogP contribution is -1.97. The Morgan fingerprint density at radius 1 is 1.46 bits per heavy atom. The highest BCUT2D eigenvalue weighted by atomic mass is 19.1. The van der Waals surface area contributed by atoms with Gasteiger partial charge in [-0.25, -0.2) is 9.07 Å². The number of nitrogen functional groups attached to an aromatic ring is 1. The van der Waals surface area contributed by atoms with E-state index in [1.54, 1.807) is 18.3 Å². The van der Waals surface area contributed by atoms with E-state index in [4.69, 9.17) is 5.73 Å². The number of hydrogen-bond donors (Lipinski definition) is 1. The third kappa shape index (κ3) is 1.38. The van der Waals surface area contributed by atoms with Gasteiger partial charge in [0.1, 0.15) is 12.0 Å². The third-order valence-corrected chi connectivity index (χ3v) is 1.70. The van der Waals surface area contributed by atoms with Crippen molar-refractivity contribution < 1.29 is 4.39 Å². The molecule has 0 aliphatic heterocycles. The Morgan fingerprint density at radius 2 is 2.31 bits per heavy atom. The number of rotatable bonds is 1. The van der Waals surface area contributed by atoms with Gasteiger partial charge in [-0.2, -0.15) is 5.10 Å². The molecule has 0 aliphatic carbocycles. The molecule has 1 aromatic heterocycles. The predicted molar refractivity (Wildman–Crippen MR) is 46.8 cm³/mol.